The lowest BCUT2D eigenvalue weighted by Gasteiger charge is -2.38. The molecule has 7 heterocycles. The number of amides is 6. The van der Waals surface area contributed by atoms with Gasteiger partial charge in [0.25, 0.3) is 23.6 Å². The van der Waals surface area contributed by atoms with Crippen molar-refractivity contribution in [1.82, 2.24) is 30.2 Å². The fraction of sp³-hybridized carbons (Fsp3) is 0.480. The van der Waals surface area contributed by atoms with Crippen molar-refractivity contribution in [2.45, 2.75) is 132 Å². The van der Waals surface area contributed by atoms with Gasteiger partial charge in [-0.2, -0.15) is 5.10 Å². The van der Waals surface area contributed by atoms with Gasteiger partial charge in [-0.15, -0.1) is 0 Å². The van der Waals surface area contributed by atoms with Crippen molar-refractivity contribution < 1.29 is 161 Å². The van der Waals surface area contributed by atoms with E-state index in [1.54, 1.807) is 6.07 Å². The number of ether oxygens (including phenoxy) is 14. The monoisotopic (exact) mass is 1650 g/mol. The Hall–Kier alpha value is -10.9. The van der Waals surface area contributed by atoms with Crippen molar-refractivity contribution in [3.8, 4) is 34.5 Å². The second-order valence-electron chi connectivity index (χ2n) is 27.5. The van der Waals surface area contributed by atoms with E-state index in [2.05, 4.69) is 28.6 Å². The smallest absolute Gasteiger partial charge is 0.416 e. The molecule has 4 saturated heterocycles. The molecule has 6 aliphatic rings. The molecule has 5 aromatic rings. The van der Waals surface area contributed by atoms with E-state index in [0.717, 1.165) is 9.80 Å². The van der Waals surface area contributed by atoms with Gasteiger partial charge in [0, 0.05) is 52.5 Å². The third-order valence-corrected chi connectivity index (χ3v) is 19.7. The molecule has 42 heteroatoms. The van der Waals surface area contributed by atoms with E-state index >= 15 is 0 Å². The average molecular weight is 1650 g/mol. The van der Waals surface area contributed by atoms with Crippen LogP contribution in [0, 0.1) is 0 Å². The van der Waals surface area contributed by atoms with Crippen molar-refractivity contribution in [1.29, 1.82) is 0 Å². The van der Waals surface area contributed by atoms with E-state index < -0.39 is 147 Å². The molecule has 11 rings (SSSR count). The highest BCUT2D eigenvalue weighted by molar-refractivity contribution is 6.07. The summed E-state index contributed by atoms with van der Waals surface area (Å²) in [6.07, 6.45) is -26.0. The quantitative estimate of drug-likeness (QED) is 0.0128. The molecule has 0 radical (unpaired) electrons. The van der Waals surface area contributed by atoms with Gasteiger partial charge in [0.1, 0.15) is 80.2 Å². The van der Waals surface area contributed by atoms with E-state index in [1.807, 2.05) is 0 Å². The number of fused-ring (bicyclic) bond motifs is 4. The van der Waals surface area contributed by atoms with Crippen LogP contribution in [-0.2, 0) is 85.3 Å². The van der Waals surface area contributed by atoms with Gasteiger partial charge in [-0.05, 0) is 66.4 Å². The van der Waals surface area contributed by atoms with Crippen LogP contribution in [0.15, 0.2) is 91.0 Å². The molecule has 0 spiro atoms. The van der Waals surface area contributed by atoms with Crippen molar-refractivity contribution in [2.75, 3.05) is 111 Å². The number of benzene rings is 4. The molecule has 6 aliphatic heterocycles. The Morgan fingerprint density at radius 3 is 1.38 bits per heavy atom. The molecule has 634 valence electrons. The fourth-order valence-corrected chi connectivity index (χ4v) is 13.7. The summed E-state index contributed by atoms with van der Waals surface area (Å²) in [5.41, 5.74) is 0.790. The first-order chi connectivity index (χ1) is 56.1. The molecule has 1 aromatic heterocycles. The Morgan fingerprint density at radius 1 is 0.521 bits per heavy atom. The molecule has 14 atom stereocenters. The summed E-state index contributed by atoms with van der Waals surface area (Å²) in [6, 6.07) is 12.3. The van der Waals surface area contributed by atoms with Gasteiger partial charge in [0.2, 0.25) is 12.6 Å². The van der Waals surface area contributed by atoms with Crippen molar-refractivity contribution in [2.24, 2.45) is 5.90 Å². The normalized spacial score (nSPS) is 24.1. The Balaban J connectivity index is 0.864. The number of hydrogen-bond donors (Lipinski definition) is 13. The highest BCUT2D eigenvalue weighted by atomic mass is 16.7. The van der Waals surface area contributed by atoms with Gasteiger partial charge in [-0.1, -0.05) is 36.4 Å². The van der Waals surface area contributed by atoms with Crippen LogP contribution in [0.2, 0.25) is 0 Å². The average Bonchev–Trinajstić information content (AvgIpc) is 1.61. The van der Waals surface area contributed by atoms with Crippen LogP contribution in [0.1, 0.15) is 76.8 Å². The van der Waals surface area contributed by atoms with Gasteiger partial charge in [0.15, 0.2) is 47.7 Å². The standard InChI is InChI=1S/C75H91N9O33/c1-36-21-48-68(95)83(74(101)111-32-38-7-9-50(44(23-38)64(91)77-11-14-103-3)114-72-60(89)56(85)58(87)62(116-72)70(97)98)46-28-54(52(105-5)26-42(46)66(93)80(48)30-36)109-34-40-25-41(82(79-40)13-16-107-17-18-108-19-20-113-76)35-110-55-29-47-43(27-53(55)106-6)67(94)81-31-37(2)22-49(81)69(96)84(47)75(102)112-33-39-8-10-51(45(24-39)65(92)78-12-15-104-4)115-73-61(90)57(86)59(88)63(117-73)71(99)100/h7-10,23-29,48-49,56-63,68-69,72-73,85-90,95-96H,1-2,11-22,30-35,76H2,3-6H3,(H,77,91)(H,78,92)(H,97,98)(H,99,100)/t48-,49-,56-,57-,58-,59-,60+,61+,62-,63-,68?,69?,72+,73+/m0/s1. The highest BCUT2D eigenvalue weighted by Gasteiger charge is 2.52. The summed E-state index contributed by atoms with van der Waals surface area (Å²) < 4.78 is 81.5. The van der Waals surface area contributed by atoms with Crippen molar-refractivity contribution >= 4 is 59.1 Å². The second kappa shape index (κ2) is 38.9. The fourth-order valence-electron chi connectivity index (χ4n) is 13.7. The number of hydrogen-bond acceptors (Lipinski definition) is 33. The largest absolute Gasteiger partial charge is 0.493 e. The third kappa shape index (κ3) is 19.5. The number of aromatic nitrogens is 2. The second-order valence-corrected chi connectivity index (χ2v) is 27.5. The zero-order valence-electron chi connectivity index (χ0n) is 63.7. The number of aliphatic carboxylic acids is 2. The SMILES string of the molecule is C=C1C[C@H]2C(O)N(C(=O)OCc3ccc(O[C@@H]4O[C@H](C(=O)O)[C@@H](O)[C@H](O)[C@H]4O)c(C(=O)NCCOC)c3)c3cc(OCc4cc(COc5cc6c(cc5OC)C(=O)N5CC(=C)C[C@H]5C(O)N6C(=O)OCc5ccc(O[C@@H]6O[C@H](C(=O)O)[C@@H](O)[C@H](O)[C@H]6O)c(C(=O)NCCOC)c5)n(CCOCCOCCON)n4)c(OC)cc3C(=O)N2C1. The Bertz CT molecular complexity index is 4490. The molecule has 0 saturated carbocycles. The first kappa shape index (κ1) is 86.9. The number of nitrogens with zero attached hydrogens (tertiary/aromatic N) is 6. The number of aliphatic hydroxyl groups excluding tert-OH is 8. The number of aliphatic hydroxyl groups is 8. The van der Waals surface area contributed by atoms with E-state index in [4.69, 9.17) is 77.3 Å². The summed E-state index contributed by atoms with van der Waals surface area (Å²) in [4.78, 5) is 119. The minimum atomic E-state index is -2.05. The summed E-state index contributed by atoms with van der Waals surface area (Å²) in [6.45, 7) is 6.99. The topological polar surface area (TPSA) is 558 Å². The van der Waals surface area contributed by atoms with Crippen LogP contribution < -0.4 is 54.8 Å². The lowest BCUT2D eigenvalue weighted by molar-refractivity contribution is -0.271. The van der Waals surface area contributed by atoms with Crippen LogP contribution in [0.5, 0.6) is 34.5 Å². The predicted molar refractivity (Wildman–Crippen MR) is 394 cm³/mol. The summed E-state index contributed by atoms with van der Waals surface area (Å²) >= 11 is 0. The number of rotatable bonds is 35. The molecule has 4 aromatic carbocycles. The number of methoxy groups -OCH3 is 4. The molecular weight excluding hydrogens is 1550 g/mol. The predicted octanol–water partition coefficient (Wildman–Crippen LogP) is -1.23. The molecule has 42 nitrogen and oxygen atoms in total. The number of carboxylic acids is 2. The van der Waals surface area contributed by atoms with Gasteiger partial charge in [-0.3, -0.25) is 23.9 Å². The van der Waals surface area contributed by atoms with Gasteiger partial charge >= 0.3 is 24.1 Å². The van der Waals surface area contributed by atoms with E-state index in [1.165, 1.54) is 104 Å². The number of carboxylic acid groups (broad SMARTS) is 2. The minimum absolute atomic E-state index is 0.00266. The van der Waals surface area contributed by atoms with Crippen LogP contribution in [0.3, 0.4) is 0 Å². The first-order valence-corrected chi connectivity index (χ1v) is 36.5. The maximum Gasteiger partial charge on any atom is 0.416 e. The van der Waals surface area contributed by atoms with Gasteiger partial charge < -0.3 is 143 Å². The molecule has 2 unspecified atom stereocenters. The molecule has 0 aliphatic carbocycles. The van der Waals surface area contributed by atoms with Crippen LogP contribution in [0.25, 0.3) is 0 Å². The molecule has 6 amide bonds. The number of carbonyl (C=O) groups is 8. The maximum atomic E-state index is 14.8. The summed E-state index contributed by atoms with van der Waals surface area (Å²) in [5, 5.41) is 117. The van der Waals surface area contributed by atoms with Crippen LogP contribution in [0.4, 0.5) is 21.0 Å². The number of nitrogens with one attached hydrogen (secondary N) is 2. The maximum absolute atomic E-state index is 14.8. The number of carbonyl (C=O) groups excluding carboxylic acids is 6. The molecule has 0 bridgehead atoms. The van der Waals surface area contributed by atoms with Crippen LogP contribution in [-0.4, -0.2) is 305 Å². The lowest BCUT2D eigenvalue weighted by atomic mass is 9.99. The minimum Gasteiger partial charge on any atom is -0.493 e. The summed E-state index contributed by atoms with van der Waals surface area (Å²) in [5.74, 6) is -1.87. The highest BCUT2D eigenvalue weighted by Crippen LogP contribution is 2.45. The van der Waals surface area contributed by atoms with Crippen molar-refractivity contribution in [3.63, 3.8) is 0 Å². The van der Waals surface area contributed by atoms with E-state index in [-0.39, 0.29) is 190 Å². The lowest BCUT2D eigenvalue weighted by Crippen LogP contribution is -2.61. The molecule has 4 fully saturated rings. The van der Waals surface area contributed by atoms with E-state index in [0.29, 0.717) is 16.8 Å². The van der Waals surface area contributed by atoms with E-state index in [9.17, 15) is 89.4 Å². The zero-order valence-corrected chi connectivity index (χ0v) is 63.7. The number of anilines is 2. The van der Waals surface area contributed by atoms with Crippen LogP contribution >= 0.6 is 0 Å². The first-order valence-electron chi connectivity index (χ1n) is 36.5. The zero-order chi connectivity index (χ0) is 84.2. The molecular formula is C75H91N9O33. The molecule has 14 N–H and O–H groups in total. The Morgan fingerprint density at radius 2 is 0.957 bits per heavy atom. The number of nitrogens with two attached hydrogens (primary N) is 1. The Kier molecular flexibility index (Phi) is 28.9. The molecule has 117 heavy (non-hydrogen) atoms. The third-order valence-electron chi connectivity index (χ3n) is 19.7. The Labute approximate surface area is 666 Å². The van der Waals surface area contributed by atoms with Crippen molar-refractivity contribution in [3.05, 3.63) is 136 Å². The van der Waals surface area contributed by atoms with Gasteiger partial charge in [0.05, 0.1) is 118 Å². The van der Waals surface area contributed by atoms with Gasteiger partial charge in [-0.25, -0.2) is 34.9 Å². The summed E-state index contributed by atoms with van der Waals surface area (Å²) in [7, 11) is 5.39.